The molecule has 12 heteroatoms. The summed E-state index contributed by atoms with van der Waals surface area (Å²) in [6, 6.07) is 0.129. The van der Waals surface area contributed by atoms with Crippen LogP contribution in [0.4, 0.5) is 10.1 Å². The fourth-order valence-electron chi connectivity index (χ4n) is 6.77. The van der Waals surface area contributed by atoms with E-state index in [4.69, 9.17) is 5.73 Å². The Balaban J connectivity index is 1.86. The number of phenols is 1. The zero-order valence-corrected chi connectivity index (χ0v) is 23.6. The summed E-state index contributed by atoms with van der Waals surface area (Å²) >= 11 is 0. The predicted molar refractivity (Wildman–Crippen MR) is 143 cm³/mol. The van der Waals surface area contributed by atoms with Gasteiger partial charge in [-0.15, -0.1) is 0 Å². The zero-order valence-electron chi connectivity index (χ0n) is 23.6. The molecule has 0 radical (unpaired) electrons. The molecule has 3 unspecified atom stereocenters. The van der Waals surface area contributed by atoms with Crippen LogP contribution in [-0.4, -0.2) is 109 Å². The summed E-state index contributed by atoms with van der Waals surface area (Å²) in [4.78, 5) is 71.7. The van der Waals surface area contributed by atoms with Crippen LogP contribution in [0.15, 0.2) is 6.07 Å². The Morgan fingerprint density at radius 1 is 1.15 bits per heavy atom. The number of hydrogen-bond donors (Lipinski definition) is 3. The summed E-state index contributed by atoms with van der Waals surface area (Å²) in [5.41, 5.74) is 4.02. The molecule has 4 N–H and O–H groups in total. The number of fused-ring (bicyclic) bond motifs is 3. The van der Waals surface area contributed by atoms with Crippen LogP contribution in [0.2, 0.25) is 0 Å². The largest absolute Gasteiger partial charge is 0.507 e. The highest BCUT2D eigenvalue weighted by Gasteiger charge is 2.69. The first-order valence-electron chi connectivity index (χ1n) is 13.2. The van der Waals surface area contributed by atoms with Gasteiger partial charge < -0.3 is 20.8 Å². The maximum atomic E-state index is 14.0. The van der Waals surface area contributed by atoms with Crippen molar-refractivity contribution in [2.24, 2.45) is 29.4 Å². The number of amides is 1. The van der Waals surface area contributed by atoms with Crippen LogP contribution in [0.25, 0.3) is 0 Å². The average Bonchev–Trinajstić information content (AvgIpc) is 2.86. The molecule has 2 fully saturated rings. The highest BCUT2D eigenvalue weighted by molar-refractivity contribution is 6.32. The van der Waals surface area contributed by atoms with E-state index in [1.165, 1.54) is 4.90 Å². The van der Waals surface area contributed by atoms with Gasteiger partial charge in [-0.2, -0.15) is 0 Å². The first-order chi connectivity index (χ1) is 18.6. The number of phenolic OH excluding ortho intramolecular Hbond substituents is 1. The van der Waals surface area contributed by atoms with Crippen molar-refractivity contribution in [3.8, 4) is 5.75 Å². The quantitative estimate of drug-likeness (QED) is 0.378. The number of aliphatic hydroxyl groups is 1. The van der Waals surface area contributed by atoms with E-state index in [0.29, 0.717) is 16.8 Å². The molecule has 40 heavy (non-hydrogen) atoms. The third-order valence-electron chi connectivity index (χ3n) is 8.99. The van der Waals surface area contributed by atoms with Crippen molar-refractivity contribution in [1.82, 2.24) is 9.80 Å². The third kappa shape index (κ3) is 4.24. The number of halogens is 1. The second kappa shape index (κ2) is 10.3. The van der Waals surface area contributed by atoms with Crippen molar-refractivity contribution in [3.63, 3.8) is 0 Å². The van der Waals surface area contributed by atoms with E-state index in [1.807, 2.05) is 0 Å². The Morgan fingerprint density at radius 3 is 2.30 bits per heavy atom. The molecule has 7 atom stereocenters. The van der Waals surface area contributed by atoms with Crippen molar-refractivity contribution in [3.05, 3.63) is 22.8 Å². The standard InChI is InChI=1S/C28H37FN4O7/c1-12(10-29)33(6)11-14-9-17(31(2)3)15-7-13-8-16-21(32(4)5)24(36)20(27(30)39)26(38)28(16,40)25(37)18(13)23(35)19(15)22(14)34/h9,12-13,16,18,20-21,34,40H,7-8,10-11H2,1-6H3,(H2,30,39)/t12?,13-,16-,18?,20?,21-,28-/m0/s1. The number of likely N-dealkylation sites (N-methyl/N-ethyl adjacent to an activating group) is 1. The predicted octanol–water partition coefficient (Wildman–Crippen LogP) is -0.277. The molecule has 3 aliphatic carbocycles. The molecule has 0 heterocycles. The third-order valence-corrected chi connectivity index (χ3v) is 8.99. The number of benzene rings is 1. The van der Waals surface area contributed by atoms with Gasteiger partial charge in [0, 0.05) is 43.9 Å². The van der Waals surface area contributed by atoms with Gasteiger partial charge in [0.1, 0.15) is 12.4 Å². The summed E-state index contributed by atoms with van der Waals surface area (Å²) in [5, 5.41) is 23.0. The Bertz CT molecular complexity index is 1300. The maximum absolute atomic E-state index is 14.0. The minimum atomic E-state index is -2.77. The second-order valence-electron chi connectivity index (χ2n) is 11.9. The van der Waals surface area contributed by atoms with Gasteiger partial charge >= 0.3 is 0 Å². The maximum Gasteiger partial charge on any atom is 0.235 e. The average molecular weight is 561 g/mol. The van der Waals surface area contributed by atoms with E-state index in [1.54, 1.807) is 58.0 Å². The van der Waals surface area contributed by atoms with Crippen LogP contribution >= 0.6 is 0 Å². The van der Waals surface area contributed by atoms with Gasteiger partial charge in [-0.1, -0.05) is 0 Å². The minimum absolute atomic E-state index is 0.0178. The molecule has 0 spiro atoms. The van der Waals surface area contributed by atoms with E-state index >= 15 is 0 Å². The summed E-state index contributed by atoms with van der Waals surface area (Å²) < 4.78 is 13.3. The van der Waals surface area contributed by atoms with Crippen molar-refractivity contribution in [2.45, 2.75) is 44.0 Å². The van der Waals surface area contributed by atoms with Crippen molar-refractivity contribution >= 4 is 34.7 Å². The highest BCUT2D eigenvalue weighted by Crippen LogP contribution is 2.52. The lowest BCUT2D eigenvalue weighted by Crippen LogP contribution is -2.74. The molecule has 0 aliphatic heterocycles. The fourth-order valence-corrected chi connectivity index (χ4v) is 6.77. The van der Waals surface area contributed by atoms with E-state index in [9.17, 15) is 38.6 Å². The highest BCUT2D eigenvalue weighted by atomic mass is 19.1. The van der Waals surface area contributed by atoms with Crippen LogP contribution in [0.5, 0.6) is 5.75 Å². The van der Waals surface area contributed by atoms with Gasteiger partial charge in [-0.3, -0.25) is 33.8 Å². The molecule has 0 bridgehead atoms. The number of Topliss-reactive ketones (excluding diaryl/α,β-unsaturated/α-hetero) is 4. The lowest BCUT2D eigenvalue weighted by atomic mass is 9.52. The molecule has 0 saturated heterocycles. The van der Waals surface area contributed by atoms with Gasteiger partial charge in [-0.25, -0.2) is 4.39 Å². The minimum Gasteiger partial charge on any atom is -0.507 e. The number of hydrogen-bond acceptors (Lipinski definition) is 10. The number of carbonyl (C=O) groups is 5. The summed E-state index contributed by atoms with van der Waals surface area (Å²) in [6.45, 7) is 1.19. The van der Waals surface area contributed by atoms with Crippen molar-refractivity contribution in [1.29, 1.82) is 0 Å². The Hall–Kier alpha value is -3.22. The monoisotopic (exact) mass is 560 g/mol. The summed E-state index contributed by atoms with van der Waals surface area (Å²) in [5.74, 6) is -10.9. The van der Waals surface area contributed by atoms with Crippen LogP contribution < -0.4 is 10.6 Å². The number of alkyl halides is 1. The molecule has 3 aliphatic rings. The fraction of sp³-hybridized carbons (Fsp3) is 0.607. The molecular formula is C28H37FN4O7. The SMILES string of the molecule is CC(CF)N(C)Cc1cc(N(C)C)c2c(c1O)C(=O)C1C(=O)[C@]3(O)C(=O)C(C(N)=O)C(=O)[C@@H](N(C)C)[C@@H]3C[C@@H]1C2. The van der Waals surface area contributed by atoms with Gasteiger partial charge in [0.15, 0.2) is 34.7 Å². The number of nitrogens with two attached hydrogens (primary N) is 1. The molecule has 1 amide bonds. The summed E-state index contributed by atoms with van der Waals surface area (Å²) in [6.07, 6.45) is 0.153. The molecule has 11 nitrogen and oxygen atoms in total. The normalized spacial score (nSPS) is 30.7. The molecule has 2 saturated carbocycles. The molecule has 1 aromatic rings. The number of carbonyl (C=O) groups excluding carboxylic acids is 5. The van der Waals surface area contributed by atoms with E-state index in [0.717, 1.165) is 0 Å². The lowest BCUT2D eigenvalue weighted by molar-refractivity contribution is -0.181. The smallest absolute Gasteiger partial charge is 0.235 e. The van der Waals surface area contributed by atoms with E-state index in [-0.39, 0.29) is 30.7 Å². The number of rotatable bonds is 7. The van der Waals surface area contributed by atoms with Crippen molar-refractivity contribution in [2.75, 3.05) is 46.8 Å². The van der Waals surface area contributed by atoms with Crippen LogP contribution in [-0.2, 0) is 32.1 Å². The Labute approximate surface area is 232 Å². The van der Waals surface area contributed by atoms with Gasteiger partial charge in [0.2, 0.25) is 5.91 Å². The molecule has 1 aromatic carbocycles. The van der Waals surface area contributed by atoms with Gasteiger partial charge in [0.25, 0.3) is 0 Å². The number of anilines is 1. The van der Waals surface area contributed by atoms with E-state index < -0.39 is 77.1 Å². The molecular weight excluding hydrogens is 523 g/mol. The summed E-state index contributed by atoms with van der Waals surface area (Å²) in [7, 11) is 8.31. The van der Waals surface area contributed by atoms with Crippen LogP contribution in [0.3, 0.4) is 0 Å². The topological polar surface area (TPSA) is 162 Å². The zero-order chi connectivity index (χ0) is 30.0. The molecule has 218 valence electrons. The van der Waals surface area contributed by atoms with Gasteiger partial charge in [-0.05, 0) is 58.5 Å². The van der Waals surface area contributed by atoms with Crippen LogP contribution in [0, 0.1) is 23.7 Å². The van der Waals surface area contributed by atoms with Crippen LogP contribution in [0.1, 0.15) is 34.8 Å². The number of aromatic hydroxyl groups is 1. The number of nitrogens with zero attached hydrogens (tertiary/aromatic N) is 3. The Morgan fingerprint density at radius 2 is 1.77 bits per heavy atom. The van der Waals surface area contributed by atoms with Crippen molar-refractivity contribution < 1.29 is 38.6 Å². The first-order valence-corrected chi connectivity index (χ1v) is 13.2. The second-order valence-corrected chi connectivity index (χ2v) is 11.9. The molecule has 4 rings (SSSR count). The van der Waals surface area contributed by atoms with E-state index in [2.05, 4.69) is 0 Å². The first kappa shape index (κ1) is 29.8. The van der Waals surface area contributed by atoms with Gasteiger partial charge in [0.05, 0.1) is 17.5 Å². The number of primary amides is 1. The number of ketones is 4. The molecule has 0 aromatic heterocycles. The lowest BCUT2D eigenvalue weighted by Gasteiger charge is -2.52. The Kier molecular flexibility index (Phi) is 7.67.